The maximum Gasteiger partial charge on any atom is 0.169 e. The molecule has 31 heavy (non-hydrogen) atoms. The van der Waals surface area contributed by atoms with Crippen molar-refractivity contribution in [3.05, 3.63) is 53.7 Å². The molecule has 4 aromatic rings. The number of H-pyrrole nitrogens is 1. The molecule has 0 spiro atoms. The molecule has 7 heteroatoms. The van der Waals surface area contributed by atoms with Crippen molar-refractivity contribution in [1.82, 2.24) is 20.2 Å². The number of nitrogen functional groups attached to an aromatic ring is 1. The highest BCUT2D eigenvalue weighted by molar-refractivity contribution is 6.35. The fraction of sp³-hybridized carbons (Fsp3) is 0.292. The van der Waals surface area contributed by atoms with E-state index in [-0.39, 0.29) is 0 Å². The summed E-state index contributed by atoms with van der Waals surface area (Å²) in [7, 11) is 0. The third-order valence-corrected chi connectivity index (χ3v) is 6.33. The molecule has 0 aliphatic heterocycles. The van der Waals surface area contributed by atoms with E-state index in [1.165, 1.54) is 32.1 Å². The van der Waals surface area contributed by atoms with E-state index in [2.05, 4.69) is 15.5 Å². The normalized spacial score (nSPS) is 14.7. The smallest absolute Gasteiger partial charge is 0.169 e. The monoisotopic (exact) mass is 432 g/mol. The molecule has 6 nitrogen and oxygen atoms in total. The molecule has 5 rings (SSSR count). The molecule has 158 valence electrons. The number of anilines is 2. The fourth-order valence-corrected chi connectivity index (χ4v) is 4.63. The van der Waals surface area contributed by atoms with E-state index >= 15 is 0 Å². The summed E-state index contributed by atoms with van der Waals surface area (Å²) in [6, 6.07) is 13.9. The molecular formula is C24H25ClN6. The number of hydrogen-bond acceptors (Lipinski definition) is 5. The predicted octanol–water partition coefficient (Wildman–Crippen LogP) is 5.91. The number of fused-ring (bicyclic) bond motifs is 1. The Bertz CT molecular complexity index is 1200. The van der Waals surface area contributed by atoms with Gasteiger partial charge in [-0.15, -0.1) is 0 Å². The van der Waals surface area contributed by atoms with E-state index < -0.39 is 0 Å². The van der Waals surface area contributed by atoms with Crippen LogP contribution in [0.5, 0.6) is 0 Å². The molecule has 1 aliphatic carbocycles. The van der Waals surface area contributed by atoms with Gasteiger partial charge in [-0.1, -0.05) is 61.2 Å². The van der Waals surface area contributed by atoms with Gasteiger partial charge in [0.25, 0.3) is 0 Å². The topological polar surface area (TPSA) is 92.5 Å². The number of hydrogen-bond donors (Lipinski definition) is 3. The number of nitrogens with two attached hydrogens (primary N) is 1. The van der Waals surface area contributed by atoms with Gasteiger partial charge in [0.1, 0.15) is 0 Å². The fourth-order valence-electron chi connectivity index (χ4n) is 4.36. The first-order valence-corrected chi connectivity index (χ1v) is 11.2. The van der Waals surface area contributed by atoms with Gasteiger partial charge in [0.15, 0.2) is 11.6 Å². The molecule has 2 aromatic carbocycles. The molecule has 1 saturated carbocycles. The van der Waals surface area contributed by atoms with Crippen molar-refractivity contribution in [3.8, 4) is 22.5 Å². The molecule has 0 amide bonds. The zero-order valence-corrected chi connectivity index (χ0v) is 18.0. The number of benzene rings is 2. The minimum Gasteiger partial charge on any atom is -0.381 e. The Morgan fingerprint density at radius 3 is 2.58 bits per heavy atom. The first-order valence-electron chi connectivity index (χ1n) is 10.8. The van der Waals surface area contributed by atoms with E-state index in [0.717, 1.165) is 40.0 Å². The second kappa shape index (κ2) is 8.55. The van der Waals surface area contributed by atoms with Gasteiger partial charge in [-0.25, -0.2) is 9.97 Å². The minimum atomic E-state index is 0.411. The Hall–Kier alpha value is -3.12. The lowest BCUT2D eigenvalue weighted by molar-refractivity contribution is 0.373. The lowest BCUT2D eigenvalue weighted by Crippen LogP contribution is -2.19. The molecule has 0 radical (unpaired) electrons. The average Bonchev–Trinajstić information content (AvgIpc) is 3.29. The molecule has 0 saturated heterocycles. The number of halogens is 1. The zero-order chi connectivity index (χ0) is 21.2. The van der Waals surface area contributed by atoms with Gasteiger partial charge < -0.3 is 11.1 Å². The standard InChI is InChI=1S/C24H25ClN6/c25-19-12-17(11-18-14-28-31-20(18)19)22-21(16-9-5-2-6-10-16)29-23(26)24(30-22)27-13-15-7-3-1-4-8-15/h2,5-6,9-12,14-15H,1,3-4,7-8,13H2,(H2,26,29)(H,27,30)(H,28,31). The first-order chi connectivity index (χ1) is 15.2. The average molecular weight is 433 g/mol. The highest BCUT2D eigenvalue weighted by atomic mass is 35.5. The van der Waals surface area contributed by atoms with Gasteiger partial charge in [0.2, 0.25) is 0 Å². The minimum absolute atomic E-state index is 0.411. The molecule has 0 unspecified atom stereocenters. The van der Waals surface area contributed by atoms with Crippen LogP contribution in [0.15, 0.2) is 48.7 Å². The Labute approximate surface area is 186 Å². The van der Waals surface area contributed by atoms with Crippen molar-refractivity contribution in [2.75, 3.05) is 17.6 Å². The first kappa shape index (κ1) is 19.8. The molecule has 0 bridgehead atoms. The van der Waals surface area contributed by atoms with Crippen LogP contribution in [-0.4, -0.2) is 26.7 Å². The molecule has 2 aromatic heterocycles. The van der Waals surface area contributed by atoms with Crippen LogP contribution in [0.25, 0.3) is 33.4 Å². The third kappa shape index (κ3) is 4.08. The van der Waals surface area contributed by atoms with Crippen molar-refractivity contribution >= 4 is 34.1 Å². The van der Waals surface area contributed by atoms with E-state index in [4.69, 9.17) is 27.3 Å². The SMILES string of the molecule is Nc1nc(-c2ccccc2)c(-c2cc(Cl)c3[nH]ncc3c2)nc1NCC1CCCCC1. The van der Waals surface area contributed by atoms with E-state index in [0.29, 0.717) is 22.6 Å². The summed E-state index contributed by atoms with van der Waals surface area (Å²) in [6.45, 7) is 0.866. The summed E-state index contributed by atoms with van der Waals surface area (Å²) in [5, 5.41) is 12.0. The van der Waals surface area contributed by atoms with Crippen LogP contribution in [0.3, 0.4) is 0 Å². The number of aromatic nitrogens is 4. The Kier molecular flexibility index (Phi) is 5.47. The third-order valence-electron chi connectivity index (χ3n) is 6.03. The lowest BCUT2D eigenvalue weighted by Gasteiger charge is -2.22. The largest absolute Gasteiger partial charge is 0.381 e. The summed E-state index contributed by atoms with van der Waals surface area (Å²) < 4.78 is 0. The Morgan fingerprint density at radius 2 is 1.77 bits per heavy atom. The van der Waals surface area contributed by atoms with E-state index in [1.54, 1.807) is 6.20 Å². The van der Waals surface area contributed by atoms with Crippen molar-refractivity contribution in [2.45, 2.75) is 32.1 Å². The van der Waals surface area contributed by atoms with Gasteiger partial charge in [0.05, 0.1) is 28.1 Å². The second-order valence-electron chi connectivity index (χ2n) is 8.20. The number of nitrogens with zero attached hydrogens (tertiary/aromatic N) is 3. The Morgan fingerprint density at radius 1 is 1.00 bits per heavy atom. The second-order valence-corrected chi connectivity index (χ2v) is 8.61. The zero-order valence-electron chi connectivity index (χ0n) is 17.2. The number of nitrogens with one attached hydrogen (secondary N) is 2. The summed E-state index contributed by atoms with van der Waals surface area (Å²) >= 11 is 6.53. The molecular weight excluding hydrogens is 408 g/mol. The molecule has 0 atom stereocenters. The van der Waals surface area contributed by atoms with Crippen LogP contribution < -0.4 is 11.1 Å². The van der Waals surface area contributed by atoms with Crippen molar-refractivity contribution in [3.63, 3.8) is 0 Å². The molecule has 1 fully saturated rings. The highest BCUT2D eigenvalue weighted by Crippen LogP contribution is 2.36. The summed E-state index contributed by atoms with van der Waals surface area (Å²) in [4.78, 5) is 9.71. The van der Waals surface area contributed by atoms with Gasteiger partial charge in [0, 0.05) is 23.1 Å². The van der Waals surface area contributed by atoms with Crippen LogP contribution in [-0.2, 0) is 0 Å². The van der Waals surface area contributed by atoms with Crippen molar-refractivity contribution < 1.29 is 0 Å². The maximum absolute atomic E-state index is 6.53. The molecule has 2 heterocycles. The van der Waals surface area contributed by atoms with Gasteiger partial charge >= 0.3 is 0 Å². The van der Waals surface area contributed by atoms with Crippen LogP contribution in [0, 0.1) is 5.92 Å². The Balaban J connectivity index is 1.58. The number of aromatic amines is 1. The van der Waals surface area contributed by atoms with Crippen LogP contribution in [0.4, 0.5) is 11.6 Å². The molecule has 1 aliphatic rings. The van der Waals surface area contributed by atoms with Gasteiger partial charge in [-0.3, -0.25) is 5.10 Å². The van der Waals surface area contributed by atoms with Crippen LogP contribution in [0.2, 0.25) is 5.02 Å². The van der Waals surface area contributed by atoms with Gasteiger partial charge in [-0.05, 0) is 30.9 Å². The van der Waals surface area contributed by atoms with E-state index in [9.17, 15) is 0 Å². The van der Waals surface area contributed by atoms with Crippen molar-refractivity contribution in [1.29, 1.82) is 0 Å². The van der Waals surface area contributed by atoms with Crippen molar-refractivity contribution in [2.24, 2.45) is 5.92 Å². The summed E-state index contributed by atoms with van der Waals surface area (Å²) in [6.07, 6.45) is 8.21. The predicted molar refractivity (Wildman–Crippen MR) is 127 cm³/mol. The van der Waals surface area contributed by atoms with E-state index in [1.807, 2.05) is 42.5 Å². The molecule has 4 N–H and O–H groups in total. The quantitative estimate of drug-likeness (QED) is 0.364. The summed E-state index contributed by atoms with van der Waals surface area (Å²) in [5.74, 6) is 1.70. The highest BCUT2D eigenvalue weighted by Gasteiger charge is 2.19. The summed E-state index contributed by atoms with van der Waals surface area (Å²) in [5.41, 5.74) is 10.5. The van der Waals surface area contributed by atoms with Crippen LogP contribution >= 0.6 is 11.6 Å². The number of rotatable bonds is 5. The lowest BCUT2D eigenvalue weighted by atomic mass is 9.89. The van der Waals surface area contributed by atoms with Crippen LogP contribution in [0.1, 0.15) is 32.1 Å². The van der Waals surface area contributed by atoms with Gasteiger partial charge in [-0.2, -0.15) is 5.10 Å². The maximum atomic E-state index is 6.53.